The number of para-hydroxylation sites is 1. The van der Waals surface area contributed by atoms with Gasteiger partial charge in [-0.15, -0.1) is 0 Å². The maximum absolute atomic E-state index is 11.9. The Morgan fingerprint density at radius 3 is 2.35 bits per heavy atom. The number of carbonyl (C=O) groups excluding carboxylic acids is 1. The largest absolute Gasteiger partial charge is 0.496 e. The van der Waals surface area contributed by atoms with Crippen molar-refractivity contribution in [2.24, 2.45) is 0 Å². The van der Waals surface area contributed by atoms with E-state index in [0.29, 0.717) is 11.4 Å². The molecular formula is C26H31ClN2O2. The monoisotopic (exact) mass is 438 g/mol. The summed E-state index contributed by atoms with van der Waals surface area (Å²) in [5.74, 6) is 0.864. The molecule has 31 heavy (non-hydrogen) atoms. The molecule has 4 rings (SSSR count). The second-order valence-electron chi connectivity index (χ2n) is 6.93. The lowest BCUT2D eigenvalue weighted by Gasteiger charge is -2.13. The van der Waals surface area contributed by atoms with Crippen molar-refractivity contribution in [3.05, 3.63) is 65.3 Å². The van der Waals surface area contributed by atoms with Gasteiger partial charge >= 0.3 is 0 Å². The van der Waals surface area contributed by atoms with Gasteiger partial charge in [0.05, 0.1) is 24.2 Å². The van der Waals surface area contributed by atoms with Crippen LogP contribution in [-0.4, -0.2) is 25.0 Å². The summed E-state index contributed by atoms with van der Waals surface area (Å²) in [6, 6.07) is 15.6. The van der Waals surface area contributed by atoms with Crippen molar-refractivity contribution < 1.29 is 9.53 Å². The van der Waals surface area contributed by atoms with Crippen LogP contribution in [0.3, 0.4) is 0 Å². The van der Waals surface area contributed by atoms with Crippen LogP contribution < -0.4 is 9.64 Å². The quantitative estimate of drug-likeness (QED) is 0.440. The van der Waals surface area contributed by atoms with Crippen LogP contribution in [0, 0.1) is 0 Å². The number of hydrogen-bond donors (Lipinski definition) is 0. The lowest BCUT2D eigenvalue weighted by molar-refractivity contribution is -0.117. The van der Waals surface area contributed by atoms with Crippen LogP contribution in [-0.2, 0) is 11.2 Å². The number of amides is 1. The third-order valence-corrected chi connectivity index (χ3v) is 5.02. The van der Waals surface area contributed by atoms with E-state index in [1.54, 1.807) is 25.3 Å². The molecule has 1 aliphatic heterocycles. The Labute approximate surface area is 190 Å². The highest BCUT2D eigenvalue weighted by Gasteiger charge is 2.25. The van der Waals surface area contributed by atoms with Gasteiger partial charge in [-0.25, -0.2) is 0 Å². The summed E-state index contributed by atoms with van der Waals surface area (Å²) in [6.07, 6.45) is 3.46. The fourth-order valence-electron chi connectivity index (χ4n) is 3.27. The molecule has 2 heterocycles. The molecular weight excluding hydrogens is 408 g/mol. The first-order chi connectivity index (χ1) is 15.0. The fraction of sp³-hybridized carbons (Fsp3) is 0.308. The number of benzene rings is 2. The second-order valence-corrected chi connectivity index (χ2v) is 7.34. The van der Waals surface area contributed by atoms with Crippen LogP contribution in [0.1, 0.15) is 39.7 Å². The fourth-order valence-corrected chi connectivity index (χ4v) is 3.53. The Balaban J connectivity index is 0.000000630. The van der Waals surface area contributed by atoms with Crippen LogP contribution >= 0.6 is 11.6 Å². The van der Waals surface area contributed by atoms with Gasteiger partial charge in [-0.3, -0.25) is 9.78 Å². The summed E-state index contributed by atoms with van der Waals surface area (Å²) in [7, 11) is 3.42. The molecule has 0 unspecified atom stereocenters. The molecule has 0 saturated carbocycles. The third kappa shape index (κ3) is 5.45. The number of methoxy groups -OCH3 is 1. The van der Waals surface area contributed by atoms with E-state index >= 15 is 0 Å². The molecule has 1 aromatic heterocycles. The maximum atomic E-state index is 11.9. The van der Waals surface area contributed by atoms with Gasteiger partial charge in [-0.1, -0.05) is 63.9 Å². The van der Waals surface area contributed by atoms with Gasteiger partial charge in [0.2, 0.25) is 5.91 Å². The number of anilines is 1. The minimum Gasteiger partial charge on any atom is -0.496 e. The van der Waals surface area contributed by atoms with E-state index in [1.165, 1.54) is 6.42 Å². The second kappa shape index (κ2) is 11.5. The number of rotatable bonds is 3. The van der Waals surface area contributed by atoms with Gasteiger partial charge < -0.3 is 9.64 Å². The van der Waals surface area contributed by atoms with Gasteiger partial charge in [0.1, 0.15) is 5.75 Å². The zero-order valence-electron chi connectivity index (χ0n) is 19.2. The standard InChI is InChI=1S/C21H17ClN2O2.C3H8.C2H6/c1-24-19-11-17(22)16(9-14(19)10-21(24)25)13-7-8-18(23-12-13)15-5-3-4-6-20(15)26-2;1-3-2;1-2/h3-9,11-12H,10H2,1-2H3;3H2,1-2H3;1-2H3. The highest BCUT2D eigenvalue weighted by atomic mass is 35.5. The molecule has 4 nitrogen and oxygen atoms in total. The molecule has 0 radical (unpaired) electrons. The third-order valence-electron chi connectivity index (χ3n) is 4.70. The number of halogens is 1. The molecule has 0 saturated heterocycles. The Morgan fingerprint density at radius 2 is 1.74 bits per heavy atom. The molecule has 3 aromatic rings. The molecule has 0 spiro atoms. The molecule has 0 atom stereocenters. The van der Waals surface area contributed by atoms with E-state index in [0.717, 1.165) is 39.4 Å². The number of aromatic nitrogens is 1. The van der Waals surface area contributed by atoms with Crippen molar-refractivity contribution >= 4 is 23.2 Å². The van der Waals surface area contributed by atoms with E-state index in [9.17, 15) is 4.79 Å². The van der Waals surface area contributed by atoms with Crippen molar-refractivity contribution in [2.75, 3.05) is 19.1 Å². The minimum absolute atomic E-state index is 0.0814. The van der Waals surface area contributed by atoms with Crippen molar-refractivity contribution in [3.8, 4) is 28.1 Å². The average molecular weight is 439 g/mol. The molecule has 164 valence electrons. The number of likely N-dealkylation sites (N-methyl/N-ethyl adjacent to an activating group) is 1. The smallest absolute Gasteiger partial charge is 0.231 e. The van der Waals surface area contributed by atoms with Crippen LogP contribution in [0.2, 0.25) is 5.02 Å². The van der Waals surface area contributed by atoms with Crippen molar-refractivity contribution in [3.63, 3.8) is 0 Å². The summed E-state index contributed by atoms with van der Waals surface area (Å²) in [5, 5.41) is 0.608. The summed E-state index contributed by atoms with van der Waals surface area (Å²) in [6.45, 7) is 8.25. The molecule has 0 fully saturated rings. The number of nitrogens with zero attached hydrogens (tertiary/aromatic N) is 2. The highest BCUT2D eigenvalue weighted by molar-refractivity contribution is 6.34. The molecule has 1 aliphatic rings. The number of pyridine rings is 1. The summed E-state index contributed by atoms with van der Waals surface area (Å²) < 4.78 is 5.41. The van der Waals surface area contributed by atoms with Crippen LogP contribution in [0.4, 0.5) is 5.69 Å². The Morgan fingerprint density at radius 1 is 1.06 bits per heavy atom. The Bertz CT molecular complexity index is 1020. The van der Waals surface area contributed by atoms with Gasteiger partial charge in [0.25, 0.3) is 0 Å². The molecule has 2 aromatic carbocycles. The van der Waals surface area contributed by atoms with Gasteiger partial charge in [-0.05, 0) is 35.9 Å². The van der Waals surface area contributed by atoms with Crippen LogP contribution in [0.25, 0.3) is 22.4 Å². The zero-order chi connectivity index (χ0) is 23.0. The van der Waals surface area contributed by atoms with Crippen molar-refractivity contribution in [1.29, 1.82) is 0 Å². The number of hydrogen-bond acceptors (Lipinski definition) is 3. The first-order valence-corrected chi connectivity index (χ1v) is 11.1. The summed E-state index contributed by atoms with van der Waals surface area (Å²) in [4.78, 5) is 18.1. The topological polar surface area (TPSA) is 42.4 Å². The van der Waals surface area contributed by atoms with Crippen molar-refractivity contribution in [1.82, 2.24) is 4.98 Å². The SMILES string of the molecule is CC.CCC.COc1ccccc1-c1ccc(-c2cc3c(cc2Cl)N(C)C(=O)C3)cn1. The molecule has 1 amide bonds. The van der Waals surface area contributed by atoms with E-state index in [1.807, 2.05) is 62.4 Å². The maximum Gasteiger partial charge on any atom is 0.231 e. The normalized spacial score (nSPS) is 11.7. The zero-order valence-corrected chi connectivity index (χ0v) is 20.0. The van der Waals surface area contributed by atoms with E-state index < -0.39 is 0 Å². The minimum atomic E-state index is 0.0814. The Kier molecular flexibility index (Phi) is 9.07. The van der Waals surface area contributed by atoms with Crippen LogP contribution in [0.15, 0.2) is 54.7 Å². The van der Waals surface area contributed by atoms with Gasteiger partial charge in [0.15, 0.2) is 0 Å². The molecule has 5 heteroatoms. The molecule has 0 aliphatic carbocycles. The van der Waals surface area contributed by atoms with Crippen molar-refractivity contribution in [2.45, 2.75) is 40.5 Å². The van der Waals surface area contributed by atoms with Gasteiger partial charge in [-0.2, -0.15) is 0 Å². The summed E-state index contributed by atoms with van der Waals surface area (Å²) >= 11 is 6.47. The Hall–Kier alpha value is -2.85. The average Bonchev–Trinajstić information content (AvgIpc) is 3.08. The van der Waals surface area contributed by atoms with Crippen LogP contribution in [0.5, 0.6) is 5.75 Å². The lowest BCUT2D eigenvalue weighted by Crippen LogP contribution is -2.20. The molecule has 0 N–H and O–H groups in total. The lowest BCUT2D eigenvalue weighted by atomic mass is 10.0. The summed E-state index contributed by atoms with van der Waals surface area (Å²) in [5.41, 5.74) is 5.44. The van der Waals surface area contributed by atoms with E-state index in [4.69, 9.17) is 16.3 Å². The highest BCUT2D eigenvalue weighted by Crippen LogP contribution is 2.38. The number of carbonyl (C=O) groups is 1. The van der Waals surface area contributed by atoms with Gasteiger partial charge in [0, 0.05) is 35.6 Å². The predicted molar refractivity (Wildman–Crippen MR) is 131 cm³/mol. The molecule has 0 bridgehead atoms. The first kappa shape index (κ1) is 24.4. The van der Waals surface area contributed by atoms with E-state index in [-0.39, 0.29) is 5.91 Å². The van der Waals surface area contributed by atoms with E-state index in [2.05, 4.69) is 18.8 Å². The predicted octanol–water partition coefficient (Wildman–Crippen LogP) is 7.04. The number of ether oxygens (including phenoxy) is 1. The first-order valence-electron chi connectivity index (χ1n) is 10.7. The number of fused-ring (bicyclic) bond motifs is 1.